The third kappa shape index (κ3) is 3.74. The zero-order valence-electron chi connectivity index (χ0n) is 11.5. The third-order valence-corrected chi connectivity index (χ3v) is 3.10. The molecule has 4 nitrogen and oxygen atoms in total. The first-order chi connectivity index (χ1) is 9.27. The largest absolute Gasteiger partial charge is 0.435 e. The van der Waals surface area contributed by atoms with Crippen molar-refractivity contribution in [3.8, 4) is 0 Å². The number of rotatable bonds is 5. The van der Waals surface area contributed by atoms with Gasteiger partial charge in [0.25, 0.3) is 0 Å². The lowest BCUT2D eigenvalue weighted by molar-refractivity contribution is -0.141. The van der Waals surface area contributed by atoms with Crippen LogP contribution in [0.1, 0.15) is 44.0 Å². The molecule has 0 atom stereocenters. The molecule has 1 amide bonds. The summed E-state index contributed by atoms with van der Waals surface area (Å²) < 4.78 is 39.2. The highest BCUT2D eigenvalue weighted by Gasteiger charge is 2.38. The Bertz CT molecular complexity index is 490. The van der Waals surface area contributed by atoms with Crippen LogP contribution < -0.4 is 5.32 Å². The van der Waals surface area contributed by atoms with Crippen LogP contribution in [-0.4, -0.2) is 22.2 Å². The maximum Gasteiger partial charge on any atom is 0.435 e. The van der Waals surface area contributed by atoms with Crippen LogP contribution in [0, 0.1) is 5.92 Å². The van der Waals surface area contributed by atoms with Crippen molar-refractivity contribution in [1.82, 2.24) is 15.1 Å². The predicted octanol–water partition coefficient (Wildman–Crippen LogP) is 2.55. The Balaban J connectivity index is 2.10. The maximum absolute atomic E-state index is 12.7. The van der Waals surface area contributed by atoms with Crippen LogP contribution in [0.4, 0.5) is 13.2 Å². The van der Waals surface area contributed by atoms with Gasteiger partial charge >= 0.3 is 6.18 Å². The Morgan fingerprint density at radius 1 is 1.50 bits per heavy atom. The third-order valence-electron chi connectivity index (χ3n) is 3.10. The van der Waals surface area contributed by atoms with E-state index in [0.717, 1.165) is 18.9 Å². The fourth-order valence-electron chi connectivity index (χ4n) is 1.91. The van der Waals surface area contributed by atoms with Gasteiger partial charge in [-0.3, -0.25) is 9.48 Å². The number of aromatic nitrogens is 2. The molecule has 1 heterocycles. The number of carbonyl (C=O) groups excluding carboxylic acids is 1. The molecule has 0 unspecified atom stereocenters. The topological polar surface area (TPSA) is 46.9 Å². The number of alkyl halides is 3. The number of hydrogen-bond acceptors (Lipinski definition) is 2. The molecule has 20 heavy (non-hydrogen) atoms. The molecule has 112 valence electrons. The van der Waals surface area contributed by atoms with Crippen molar-refractivity contribution >= 4 is 5.91 Å². The van der Waals surface area contributed by atoms with Crippen molar-refractivity contribution in [2.24, 2.45) is 5.92 Å². The van der Waals surface area contributed by atoms with Crippen molar-refractivity contribution in [2.45, 2.75) is 45.3 Å². The minimum absolute atomic E-state index is 0.108. The van der Waals surface area contributed by atoms with Crippen molar-refractivity contribution < 1.29 is 18.0 Å². The minimum atomic E-state index is -4.47. The molecule has 1 aliphatic carbocycles. The van der Waals surface area contributed by atoms with Gasteiger partial charge in [-0.25, -0.2) is 0 Å². The fourth-order valence-corrected chi connectivity index (χ4v) is 1.91. The summed E-state index contributed by atoms with van der Waals surface area (Å²) in [4.78, 5) is 11.7. The fraction of sp³-hybridized carbons (Fsp3) is 0.692. The summed E-state index contributed by atoms with van der Waals surface area (Å²) >= 11 is 0. The minimum Gasteiger partial charge on any atom is -0.354 e. The summed E-state index contributed by atoms with van der Waals surface area (Å²) in [5, 5.41) is 6.22. The van der Waals surface area contributed by atoms with E-state index in [-0.39, 0.29) is 18.4 Å². The van der Waals surface area contributed by atoms with Crippen molar-refractivity contribution in [3.63, 3.8) is 0 Å². The maximum atomic E-state index is 12.7. The molecule has 0 aromatic carbocycles. The summed E-state index contributed by atoms with van der Waals surface area (Å²) in [5.74, 6) is 0.0964. The first-order valence-electron chi connectivity index (χ1n) is 6.69. The molecule has 1 aliphatic rings. The smallest absolute Gasteiger partial charge is 0.354 e. The van der Waals surface area contributed by atoms with E-state index in [1.165, 1.54) is 4.68 Å². The summed E-state index contributed by atoms with van der Waals surface area (Å²) in [6.45, 7) is 4.25. The normalized spacial score (nSPS) is 15.7. The molecule has 0 bridgehead atoms. The van der Waals surface area contributed by atoms with Crippen molar-refractivity contribution in [1.29, 1.82) is 0 Å². The van der Waals surface area contributed by atoms with E-state index >= 15 is 0 Å². The second-order valence-corrected chi connectivity index (χ2v) is 5.58. The lowest BCUT2D eigenvalue weighted by Gasteiger charge is -2.09. The molecular formula is C13H18F3N3O. The Morgan fingerprint density at radius 2 is 2.15 bits per heavy atom. The second kappa shape index (κ2) is 5.46. The Labute approximate surface area is 115 Å². The van der Waals surface area contributed by atoms with E-state index in [1.54, 1.807) is 0 Å². The highest BCUT2D eigenvalue weighted by molar-refractivity contribution is 5.75. The van der Waals surface area contributed by atoms with E-state index in [9.17, 15) is 18.0 Å². The SMILES string of the molecule is CC(C)CNC(=O)Cn1nc(C(F)(F)F)cc1C1CC1. The standard InChI is InChI=1S/C13H18F3N3O/c1-8(2)6-17-12(20)7-19-10(9-3-4-9)5-11(18-19)13(14,15)16/h5,8-9H,3-4,6-7H2,1-2H3,(H,17,20). The van der Waals surface area contributed by atoms with E-state index in [0.29, 0.717) is 18.2 Å². The van der Waals surface area contributed by atoms with E-state index in [2.05, 4.69) is 10.4 Å². The monoisotopic (exact) mass is 289 g/mol. The lowest BCUT2D eigenvalue weighted by Crippen LogP contribution is -2.31. The molecule has 1 fully saturated rings. The van der Waals surface area contributed by atoms with E-state index in [4.69, 9.17) is 0 Å². The molecule has 2 rings (SSSR count). The Kier molecular flexibility index (Phi) is 4.06. The molecule has 1 aromatic rings. The second-order valence-electron chi connectivity index (χ2n) is 5.58. The number of halogens is 3. The summed E-state index contributed by atoms with van der Waals surface area (Å²) in [6.07, 6.45) is -2.75. The first-order valence-corrected chi connectivity index (χ1v) is 6.69. The van der Waals surface area contributed by atoms with Gasteiger partial charge in [-0.2, -0.15) is 18.3 Å². The van der Waals surface area contributed by atoms with Gasteiger partial charge < -0.3 is 5.32 Å². The van der Waals surface area contributed by atoms with Gasteiger partial charge in [0.05, 0.1) is 0 Å². The molecule has 7 heteroatoms. The molecule has 1 N–H and O–H groups in total. The number of hydrogen-bond donors (Lipinski definition) is 1. The highest BCUT2D eigenvalue weighted by atomic mass is 19.4. The number of carbonyl (C=O) groups is 1. The van der Waals surface area contributed by atoms with Crippen LogP contribution in [0.15, 0.2) is 6.07 Å². The summed E-state index contributed by atoms with van der Waals surface area (Å²) in [5.41, 5.74) is -0.409. The average molecular weight is 289 g/mol. The Hall–Kier alpha value is -1.53. The van der Waals surface area contributed by atoms with E-state index < -0.39 is 11.9 Å². The zero-order valence-corrected chi connectivity index (χ0v) is 11.5. The van der Waals surface area contributed by atoms with Gasteiger partial charge in [0.1, 0.15) is 6.54 Å². The first kappa shape index (κ1) is 14.9. The molecule has 1 aromatic heterocycles. The van der Waals surface area contributed by atoms with Gasteiger partial charge in [-0.05, 0) is 24.8 Å². The number of nitrogens with zero attached hydrogens (tertiary/aromatic N) is 2. The molecule has 0 spiro atoms. The van der Waals surface area contributed by atoms with Gasteiger partial charge in [0, 0.05) is 18.2 Å². The van der Waals surface area contributed by atoms with Gasteiger partial charge in [0.2, 0.25) is 5.91 Å². The lowest BCUT2D eigenvalue weighted by atomic mass is 10.2. The summed E-state index contributed by atoms with van der Waals surface area (Å²) in [7, 11) is 0. The Morgan fingerprint density at radius 3 is 2.65 bits per heavy atom. The van der Waals surface area contributed by atoms with E-state index in [1.807, 2.05) is 13.8 Å². The van der Waals surface area contributed by atoms with Crippen LogP contribution in [0.2, 0.25) is 0 Å². The molecule has 1 saturated carbocycles. The highest BCUT2D eigenvalue weighted by Crippen LogP contribution is 2.42. The average Bonchev–Trinajstić information content (AvgIpc) is 3.07. The van der Waals surface area contributed by atoms with Crippen LogP contribution in [0.5, 0.6) is 0 Å². The van der Waals surface area contributed by atoms with Crippen LogP contribution in [0.3, 0.4) is 0 Å². The molecule has 0 radical (unpaired) electrons. The van der Waals surface area contributed by atoms with Crippen LogP contribution in [-0.2, 0) is 17.5 Å². The predicted molar refractivity (Wildman–Crippen MR) is 67.1 cm³/mol. The van der Waals surface area contributed by atoms with Gasteiger partial charge in [0.15, 0.2) is 5.69 Å². The molecule has 0 aliphatic heterocycles. The van der Waals surface area contributed by atoms with Crippen LogP contribution >= 0.6 is 0 Å². The van der Waals surface area contributed by atoms with Crippen LogP contribution in [0.25, 0.3) is 0 Å². The van der Waals surface area contributed by atoms with Crippen molar-refractivity contribution in [2.75, 3.05) is 6.54 Å². The van der Waals surface area contributed by atoms with Gasteiger partial charge in [-0.1, -0.05) is 13.8 Å². The van der Waals surface area contributed by atoms with Crippen molar-refractivity contribution in [3.05, 3.63) is 17.5 Å². The van der Waals surface area contributed by atoms with Gasteiger partial charge in [-0.15, -0.1) is 0 Å². The quantitative estimate of drug-likeness (QED) is 0.905. The zero-order chi connectivity index (χ0) is 14.9. The molecular weight excluding hydrogens is 271 g/mol. The number of nitrogens with one attached hydrogen (secondary N) is 1. The molecule has 0 saturated heterocycles. The number of amides is 1. The summed E-state index contributed by atoms with van der Waals surface area (Å²) in [6, 6.07) is 1.06.